The highest BCUT2D eigenvalue weighted by molar-refractivity contribution is 5.34. The van der Waals surface area contributed by atoms with Crippen LogP contribution in [0.3, 0.4) is 0 Å². The molecule has 0 amide bonds. The Labute approximate surface area is 84.9 Å². The Morgan fingerprint density at radius 3 is 2.43 bits per heavy atom. The third-order valence-electron chi connectivity index (χ3n) is 2.43. The van der Waals surface area contributed by atoms with Crippen LogP contribution >= 0.6 is 0 Å². The van der Waals surface area contributed by atoms with Crippen LogP contribution in [0.2, 0.25) is 0 Å². The van der Waals surface area contributed by atoms with Gasteiger partial charge < -0.3 is 5.43 Å². The molecule has 0 aliphatic carbocycles. The molecular weight excluding hydrogens is 176 g/mol. The number of hydrogen-bond donors (Lipinski definition) is 2. The van der Waals surface area contributed by atoms with Crippen molar-refractivity contribution < 1.29 is 0 Å². The van der Waals surface area contributed by atoms with Crippen LogP contribution in [0.1, 0.15) is 38.2 Å². The molecule has 0 saturated heterocycles. The summed E-state index contributed by atoms with van der Waals surface area (Å²) in [6, 6.07) is 1.83. The normalized spacial score (nSPS) is 13.0. The highest BCUT2D eigenvalue weighted by Gasteiger charge is 2.13. The van der Waals surface area contributed by atoms with E-state index in [9.17, 15) is 0 Å². The molecule has 1 aromatic heterocycles. The van der Waals surface area contributed by atoms with Crippen molar-refractivity contribution in [1.82, 2.24) is 9.97 Å². The van der Waals surface area contributed by atoms with Gasteiger partial charge >= 0.3 is 0 Å². The summed E-state index contributed by atoms with van der Waals surface area (Å²) in [5.74, 6) is 7.74. The summed E-state index contributed by atoms with van der Waals surface area (Å²) < 4.78 is 0. The SMILES string of the molecule is Cc1cc(NN)nc(C(C)C(C)C)n1. The van der Waals surface area contributed by atoms with Crippen LogP contribution in [0.15, 0.2) is 6.07 Å². The molecule has 1 heterocycles. The fourth-order valence-electron chi connectivity index (χ4n) is 1.17. The summed E-state index contributed by atoms with van der Waals surface area (Å²) in [5, 5.41) is 0. The molecule has 1 unspecified atom stereocenters. The van der Waals surface area contributed by atoms with E-state index in [2.05, 4.69) is 36.2 Å². The van der Waals surface area contributed by atoms with Crippen LogP contribution in [-0.4, -0.2) is 9.97 Å². The molecule has 1 aromatic rings. The molecular formula is C10H18N4. The second kappa shape index (κ2) is 4.37. The van der Waals surface area contributed by atoms with Gasteiger partial charge in [0.1, 0.15) is 11.6 Å². The third-order valence-corrected chi connectivity index (χ3v) is 2.43. The summed E-state index contributed by atoms with van der Waals surface area (Å²) in [4.78, 5) is 8.72. The lowest BCUT2D eigenvalue weighted by Gasteiger charge is -2.15. The van der Waals surface area contributed by atoms with Gasteiger partial charge in [-0.25, -0.2) is 15.8 Å². The van der Waals surface area contributed by atoms with Crippen LogP contribution in [0.5, 0.6) is 0 Å². The lowest BCUT2D eigenvalue weighted by atomic mass is 9.97. The topological polar surface area (TPSA) is 63.8 Å². The molecule has 0 spiro atoms. The van der Waals surface area contributed by atoms with Gasteiger partial charge in [0, 0.05) is 17.7 Å². The third kappa shape index (κ3) is 2.42. The number of aryl methyl sites for hydroxylation is 1. The number of anilines is 1. The summed E-state index contributed by atoms with van der Waals surface area (Å²) in [6.07, 6.45) is 0. The van der Waals surface area contributed by atoms with Crippen molar-refractivity contribution in [2.75, 3.05) is 5.43 Å². The molecule has 0 saturated carbocycles. The lowest BCUT2D eigenvalue weighted by molar-refractivity contribution is 0.509. The van der Waals surface area contributed by atoms with Gasteiger partial charge in [-0.05, 0) is 12.8 Å². The predicted molar refractivity (Wildman–Crippen MR) is 57.8 cm³/mol. The minimum Gasteiger partial charge on any atom is -0.308 e. The van der Waals surface area contributed by atoms with Crippen molar-refractivity contribution in [1.29, 1.82) is 0 Å². The Kier molecular flexibility index (Phi) is 3.41. The zero-order valence-corrected chi connectivity index (χ0v) is 9.20. The van der Waals surface area contributed by atoms with Gasteiger partial charge in [0.25, 0.3) is 0 Å². The number of hydrazine groups is 1. The predicted octanol–water partition coefficient (Wildman–Crippen LogP) is 1.83. The largest absolute Gasteiger partial charge is 0.308 e. The minimum atomic E-state index is 0.349. The van der Waals surface area contributed by atoms with E-state index in [0.29, 0.717) is 17.7 Å². The molecule has 0 fully saturated rings. The second-order valence-corrected chi connectivity index (χ2v) is 3.93. The highest BCUT2D eigenvalue weighted by atomic mass is 15.3. The lowest BCUT2D eigenvalue weighted by Crippen LogP contribution is -2.13. The molecule has 0 bridgehead atoms. The molecule has 1 atom stereocenters. The molecule has 3 N–H and O–H groups in total. The molecule has 4 heteroatoms. The number of hydrogen-bond acceptors (Lipinski definition) is 4. The minimum absolute atomic E-state index is 0.349. The van der Waals surface area contributed by atoms with E-state index in [1.54, 1.807) is 0 Å². The molecule has 0 aliphatic rings. The Morgan fingerprint density at radius 1 is 1.29 bits per heavy atom. The first-order chi connectivity index (χ1) is 6.54. The molecule has 14 heavy (non-hydrogen) atoms. The van der Waals surface area contributed by atoms with Gasteiger partial charge in [-0.15, -0.1) is 0 Å². The number of nitrogens with one attached hydrogen (secondary N) is 1. The van der Waals surface area contributed by atoms with Gasteiger partial charge in [-0.1, -0.05) is 20.8 Å². The van der Waals surface area contributed by atoms with E-state index in [4.69, 9.17) is 5.84 Å². The van der Waals surface area contributed by atoms with Crippen LogP contribution < -0.4 is 11.3 Å². The van der Waals surface area contributed by atoms with Gasteiger partial charge in [0.2, 0.25) is 0 Å². The van der Waals surface area contributed by atoms with Crippen molar-refractivity contribution >= 4 is 5.82 Å². The zero-order valence-electron chi connectivity index (χ0n) is 9.20. The monoisotopic (exact) mass is 194 g/mol. The number of aromatic nitrogens is 2. The van der Waals surface area contributed by atoms with E-state index >= 15 is 0 Å². The average molecular weight is 194 g/mol. The van der Waals surface area contributed by atoms with Crippen LogP contribution in [0.4, 0.5) is 5.82 Å². The van der Waals surface area contributed by atoms with Crippen molar-refractivity contribution in [2.24, 2.45) is 11.8 Å². The molecule has 0 aliphatic heterocycles. The van der Waals surface area contributed by atoms with E-state index in [1.165, 1.54) is 0 Å². The Hall–Kier alpha value is -1.16. The molecule has 0 aromatic carbocycles. The smallest absolute Gasteiger partial charge is 0.143 e. The molecule has 78 valence electrons. The fourth-order valence-corrected chi connectivity index (χ4v) is 1.17. The van der Waals surface area contributed by atoms with Crippen LogP contribution in [0.25, 0.3) is 0 Å². The first-order valence-corrected chi connectivity index (χ1v) is 4.86. The van der Waals surface area contributed by atoms with Gasteiger partial charge in [0.05, 0.1) is 0 Å². The number of nitrogens with zero attached hydrogens (tertiary/aromatic N) is 2. The number of nitrogen functional groups attached to an aromatic ring is 1. The summed E-state index contributed by atoms with van der Waals surface area (Å²) in [6.45, 7) is 8.39. The summed E-state index contributed by atoms with van der Waals surface area (Å²) in [5.41, 5.74) is 3.49. The quantitative estimate of drug-likeness (QED) is 0.569. The van der Waals surface area contributed by atoms with Crippen LogP contribution in [0, 0.1) is 12.8 Å². The maximum atomic E-state index is 5.32. The van der Waals surface area contributed by atoms with Gasteiger partial charge in [0.15, 0.2) is 0 Å². The summed E-state index contributed by atoms with van der Waals surface area (Å²) in [7, 11) is 0. The van der Waals surface area contributed by atoms with E-state index in [0.717, 1.165) is 11.5 Å². The Morgan fingerprint density at radius 2 is 1.93 bits per heavy atom. The first kappa shape index (κ1) is 10.9. The highest BCUT2D eigenvalue weighted by Crippen LogP contribution is 2.21. The molecule has 1 rings (SSSR count). The fraction of sp³-hybridized carbons (Fsp3) is 0.600. The van der Waals surface area contributed by atoms with Crippen molar-refractivity contribution in [3.05, 3.63) is 17.6 Å². The molecule has 4 nitrogen and oxygen atoms in total. The molecule has 0 radical (unpaired) electrons. The van der Waals surface area contributed by atoms with E-state index in [1.807, 2.05) is 13.0 Å². The maximum absolute atomic E-state index is 5.32. The van der Waals surface area contributed by atoms with E-state index < -0.39 is 0 Å². The second-order valence-electron chi connectivity index (χ2n) is 3.93. The van der Waals surface area contributed by atoms with Crippen LogP contribution in [-0.2, 0) is 0 Å². The number of rotatable bonds is 3. The van der Waals surface area contributed by atoms with Crippen molar-refractivity contribution in [3.8, 4) is 0 Å². The average Bonchev–Trinajstić information content (AvgIpc) is 2.15. The number of nitrogens with two attached hydrogens (primary N) is 1. The van der Waals surface area contributed by atoms with Gasteiger partial charge in [-0.2, -0.15) is 0 Å². The van der Waals surface area contributed by atoms with Gasteiger partial charge in [-0.3, -0.25) is 0 Å². The summed E-state index contributed by atoms with van der Waals surface area (Å²) >= 11 is 0. The zero-order chi connectivity index (χ0) is 10.7. The Bertz CT molecular complexity index is 309. The Balaban J connectivity index is 3.02. The van der Waals surface area contributed by atoms with Crippen molar-refractivity contribution in [2.45, 2.75) is 33.6 Å². The first-order valence-electron chi connectivity index (χ1n) is 4.86. The standard InChI is InChI=1S/C10H18N4/c1-6(2)8(4)10-12-7(3)5-9(13-10)14-11/h5-6,8H,11H2,1-4H3,(H,12,13,14). The van der Waals surface area contributed by atoms with E-state index in [-0.39, 0.29) is 0 Å². The van der Waals surface area contributed by atoms with Crippen molar-refractivity contribution in [3.63, 3.8) is 0 Å². The maximum Gasteiger partial charge on any atom is 0.143 e.